The first-order valence-electron chi connectivity index (χ1n) is 10.3. The summed E-state index contributed by atoms with van der Waals surface area (Å²) in [5, 5.41) is 6.17. The van der Waals surface area contributed by atoms with Crippen molar-refractivity contribution in [2.75, 3.05) is 18.4 Å². The molecule has 0 unspecified atom stereocenters. The van der Waals surface area contributed by atoms with Gasteiger partial charge in [0.05, 0.1) is 10.9 Å². The van der Waals surface area contributed by atoms with E-state index in [9.17, 15) is 4.79 Å². The number of benzene rings is 1. The highest BCUT2D eigenvalue weighted by molar-refractivity contribution is 7.17. The van der Waals surface area contributed by atoms with E-state index in [0.29, 0.717) is 0 Å². The summed E-state index contributed by atoms with van der Waals surface area (Å²) in [7, 11) is 0. The lowest BCUT2D eigenvalue weighted by Crippen LogP contribution is -2.37. The second-order valence-corrected chi connectivity index (χ2v) is 10.2. The van der Waals surface area contributed by atoms with Crippen molar-refractivity contribution >= 4 is 33.6 Å². The molecule has 0 aliphatic carbocycles. The standard InChI is InChI=1S/C24H28N2OS2/c1-16-11-13-26(14-12-16)22(19-8-5-4-6-9-19)21-17(2)18(3)29-24(21)25-23(27)20-10-7-15-28-20/h4-10,15-16,22H,11-14H2,1-3H3,(H,25,27)/t22-/m1/s1. The number of amides is 1. The lowest BCUT2D eigenvalue weighted by Gasteiger charge is -2.37. The van der Waals surface area contributed by atoms with Crippen molar-refractivity contribution in [2.24, 2.45) is 5.92 Å². The number of anilines is 1. The van der Waals surface area contributed by atoms with Crippen LogP contribution in [0.3, 0.4) is 0 Å². The van der Waals surface area contributed by atoms with E-state index in [0.717, 1.165) is 28.9 Å². The average molecular weight is 425 g/mol. The molecule has 1 N–H and O–H groups in total. The molecule has 29 heavy (non-hydrogen) atoms. The molecule has 0 saturated carbocycles. The molecule has 1 amide bonds. The smallest absolute Gasteiger partial charge is 0.266 e. The Hall–Kier alpha value is -1.95. The van der Waals surface area contributed by atoms with Crippen LogP contribution in [0.25, 0.3) is 0 Å². The highest BCUT2D eigenvalue weighted by atomic mass is 32.1. The van der Waals surface area contributed by atoms with Crippen LogP contribution in [0.15, 0.2) is 47.8 Å². The van der Waals surface area contributed by atoms with Crippen LogP contribution < -0.4 is 5.32 Å². The second-order valence-electron chi connectivity index (χ2n) is 7.99. The summed E-state index contributed by atoms with van der Waals surface area (Å²) >= 11 is 3.18. The van der Waals surface area contributed by atoms with Gasteiger partial charge in [-0.2, -0.15) is 0 Å². The summed E-state index contributed by atoms with van der Waals surface area (Å²) in [6.45, 7) is 8.89. The Balaban J connectivity index is 1.75. The van der Waals surface area contributed by atoms with E-state index < -0.39 is 0 Å². The van der Waals surface area contributed by atoms with Crippen LogP contribution in [-0.4, -0.2) is 23.9 Å². The van der Waals surface area contributed by atoms with Gasteiger partial charge in [0.15, 0.2) is 0 Å². The Morgan fingerprint density at radius 1 is 1.10 bits per heavy atom. The Bertz CT molecular complexity index is 954. The molecule has 0 spiro atoms. The van der Waals surface area contributed by atoms with E-state index in [-0.39, 0.29) is 11.9 Å². The third kappa shape index (κ3) is 4.32. The first-order valence-corrected chi connectivity index (χ1v) is 12.0. The highest BCUT2D eigenvalue weighted by Gasteiger charge is 2.31. The molecule has 1 atom stereocenters. The van der Waals surface area contributed by atoms with Gasteiger partial charge in [-0.3, -0.25) is 9.69 Å². The fourth-order valence-corrected chi connectivity index (χ4v) is 5.83. The number of nitrogens with zero attached hydrogens (tertiary/aromatic N) is 1. The zero-order valence-electron chi connectivity index (χ0n) is 17.3. The van der Waals surface area contributed by atoms with Gasteiger partial charge in [-0.25, -0.2) is 0 Å². The van der Waals surface area contributed by atoms with Crippen molar-refractivity contribution in [3.63, 3.8) is 0 Å². The molecule has 1 saturated heterocycles. The molecule has 5 heteroatoms. The molecule has 4 rings (SSSR count). The Labute approximate surface area is 181 Å². The van der Waals surface area contributed by atoms with Crippen molar-refractivity contribution in [3.05, 3.63) is 74.3 Å². The third-order valence-electron chi connectivity index (χ3n) is 5.98. The van der Waals surface area contributed by atoms with Gasteiger partial charge in [0.1, 0.15) is 5.00 Å². The van der Waals surface area contributed by atoms with Crippen molar-refractivity contribution in [2.45, 2.75) is 39.7 Å². The van der Waals surface area contributed by atoms with Crippen molar-refractivity contribution in [3.8, 4) is 0 Å². The van der Waals surface area contributed by atoms with Crippen LogP contribution in [0.2, 0.25) is 0 Å². The van der Waals surface area contributed by atoms with Gasteiger partial charge in [-0.05, 0) is 68.3 Å². The number of likely N-dealkylation sites (tertiary alicyclic amines) is 1. The number of nitrogens with one attached hydrogen (secondary N) is 1. The van der Waals surface area contributed by atoms with Crippen molar-refractivity contribution in [1.82, 2.24) is 4.90 Å². The number of aryl methyl sites for hydroxylation is 1. The van der Waals surface area contributed by atoms with E-state index in [1.807, 2.05) is 17.5 Å². The molecule has 1 aromatic carbocycles. The molecule has 1 aliphatic heterocycles. The van der Waals surface area contributed by atoms with Gasteiger partial charge < -0.3 is 5.32 Å². The van der Waals surface area contributed by atoms with Crippen LogP contribution in [0.5, 0.6) is 0 Å². The summed E-state index contributed by atoms with van der Waals surface area (Å²) in [6, 6.07) is 14.7. The monoisotopic (exact) mass is 424 g/mol. The van der Waals surface area contributed by atoms with Gasteiger partial charge in [-0.15, -0.1) is 22.7 Å². The SMILES string of the molecule is Cc1sc(NC(=O)c2cccs2)c([C@@H](c2ccccc2)N2CCC(C)CC2)c1C. The van der Waals surface area contributed by atoms with Gasteiger partial charge in [0.25, 0.3) is 5.91 Å². The average Bonchev–Trinajstić information content (AvgIpc) is 3.35. The summed E-state index contributed by atoms with van der Waals surface area (Å²) in [4.78, 5) is 17.4. The third-order valence-corrected chi connectivity index (χ3v) is 7.98. The maximum Gasteiger partial charge on any atom is 0.266 e. The number of hydrogen-bond donors (Lipinski definition) is 1. The normalized spacial score (nSPS) is 16.7. The molecule has 1 fully saturated rings. The number of carbonyl (C=O) groups is 1. The number of piperidine rings is 1. The van der Waals surface area contributed by atoms with Crippen LogP contribution in [-0.2, 0) is 0 Å². The van der Waals surface area contributed by atoms with Crippen LogP contribution in [0, 0.1) is 19.8 Å². The summed E-state index contributed by atoms with van der Waals surface area (Å²) in [5.74, 6) is 0.771. The van der Waals surface area contributed by atoms with E-state index in [2.05, 4.69) is 61.3 Å². The lowest BCUT2D eigenvalue weighted by molar-refractivity contribution is 0.103. The first kappa shape index (κ1) is 20.3. The van der Waals surface area contributed by atoms with E-state index in [4.69, 9.17) is 0 Å². The summed E-state index contributed by atoms with van der Waals surface area (Å²) < 4.78 is 0. The zero-order chi connectivity index (χ0) is 20.4. The van der Waals surface area contributed by atoms with E-state index in [1.54, 1.807) is 11.3 Å². The van der Waals surface area contributed by atoms with Gasteiger partial charge >= 0.3 is 0 Å². The van der Waals surface area contributed by atoms with Crippen LogP contribution >= 0.6 is 22.7 Å². The Kier molecular flexibility index (Phi) is 6.18. The topological polar surface area (TPSA) is 32.3 Å². The molecular formula is C24H28N2OS2. The molecule has 2 aromatic heterocycles. The van der Waals surface area contributed by atoms with E-state index >= 15 is 0 Å². The minimum Gasteiger partial charge on any atom is -0.313 e. The zero-order valence-corrected chi connectivity index (χ0v) is 18.9. The molecular weight excluding hydrogens is 396 g/mol. The van der Waals surface area contributed by atoms with Gasteiger partial charge in [0.2, 0.25) is 0 Å². The fraction of sp³-hybridized carbons (Fsp3) is 0.375. The van der Waals surface area contributed by atoms with E-state index in [1.165, 1.54) is 45.7 Å². The minimum absolute atomic E-state index is 0.0124. The number of rotatable bonds is 5. The number of carbonyl (C=O) groups excluding carboxylic acids is 1. The van der Waals surface area contributed by atoms with Crippen molar-refractivity contribution < 1.29 is 4.79 Å². The first-order chi connectivity index (χ1) is 14.0. The van der Waals surface area contributed by atoms with Gasteiger partial charge in [-0.1, -0.05) is 43.3 Å². The Morgan fingerprint density at radius 3 is 2.48 bits per heavy atom. The second kappa shape index (κ2) is 8.82. The molecule has 0 radical (unpaired) electrons. The lowest BCUT2D eigenvalue weighted by atomic mass is 9.91. The fourth-order valence-electron chi connectivity index (χ4n) is 4.12. The highest BCUT2D eigenvalue weighted by Crippen LogP contribution is 2.43. The molecule has 3 aromatic rings. The maximum atomic E-state index is 12.8. The molecule has 0 bridgehead atoms. The Morgan fingerprint density at radius 2 is 1.83 bits per heavy atom. The summed E-state index contributed by atoms with van der Waals surface area (Å²) in [5.41, 5.74) is 3.86. The van der Waals surface area contributed by atoms with Gasteiger partial charge in [0, 0.05) is 10.4 Å². The minimum atomic E-state index is -0.0124. The van der Waals surface area contributed by atoms with Crippen LogP contribution in [0.4, 0.5) is 5.00 Å². The molecule has 3 nitrogen and oxygen atoms in total. The molecule has 1 aliphatic rings. The maximum absolute atomic E-state index is 12.8. The predicted octanol–water partition coefficient (Wildman–Crippen LogP) is 6.50. The molecule has 152 valence electrons. The number of hydrogen-bond acceptors (Lipinski definition) is 4. The quantitative estimate of drug-likeness (QED) is 0.507. The predicted molar refractivity (Wildman–Crippen MR) is 124 cm³/mol. The summed E-state index contributed by atoms with van der Waals surface area (Å²) in [6.07, 6.45) is 2.45. The number of thiophene rings is 2. The molecule has 3 heterocycles. The largest absolute Gasteiger partial charge is 0.313 e. The van der Waals surface area contributed by atoms with Crippen LogP contribution in [0.1, 0.15) is 57.0 Å². The van der Waals surface area contributed by atoms with Crippen molar-refractivity contribution in [1.29, 1.82) is 0 Å².